The van der Waals surface area contributed by atoms with Gasteiger partial charge in [0, 0.05) is 18.2 Å². The summed E-state index contributed by atoms with van der Waals surface area (Å²) in [6, 6.07) is 11.6. The number of carbonyl (C=O) groups is 1. The summed E-state index contributed by atoms with van der Waals surface area (Å²) in [7, 11) is 3.14. The number of halogens is 1. The zero-order valence-electron chi connectivity index (χ0n) is 14.8. The van der Waals surface area contributed by atoms with Gasteiger partial charge in [-0.2, -0.15) is 0 Å². The predicted octanol–water partition coefficient (Wildman–Crippen LogP) is 3.44. The van der Waals surface area contributed by atoms with Gasteiger partial charge in [0.2, 0.25) is 5.91 Å². The summed E-state index contributed by atoms with van der Waals surface area (Å²) >= 11 is 0. The Balaban J connectivity index is 1.76. The van der Waals surface area contributed by atoms with Gasteiger partial charge in [0.1, 0.15) is 11.5 Å². The van der Waals surface area contributed by atoms with Gasteiger partial charge in [0.15, 0.2) is 11.6 Å². The molecule has 0 aliphatic heterocycles. The molecule has 0 saturated carbocycles. The molecule has 0 aromatic heterocycles. The highest BCUT2D eigenvalue weighted by atomic mass is 19.1. The molecule has 138 valence electrons. The summed E-state index contributed by atoms with van der Waals surface area (Å²) in [5, 5.41) is 2.75. The van der Waals surface area contributed by atoms with Gasteiger partial charge in [-0.05, 0) is 42.8 Å². The third-order valence-electron chi connectivity index (χ3n) is 3.57. The fourth-order valence-electron chi connectivity index (χ4n) is 2.22. The van der Waals surface area contributed by atoms with Crippen LogP contribution in [0.4, 0.5) is 4.39 Å². The number of methoxy groups -OCH3 is 2. The summed E-state index contributed by atoms with van der Waals surface area (Å²) in [6.07, 6.45) is 3.65. The fraction of sp³-hybridized carbons (Fsp3) is 0.250. The van der Waals surface area contributed by atoms with Crippen LogP contribution >= 0.6 is 0 Å². The normalized spacial score (nSPS) is 10.6. The minimum absolute atomic E-state index is 0.212. The van der Waals surface area contributed by atoms with Crippen molar-refractivity contribution in [2.24, 2.45) is 0 Å². The number of carbonyl (C=O) groups excluding carboxylic acids is 1. The maximum atomic E-state index is 13.4. The largest absolute Gasteiger partial charge is 0.497 e. The number of hydrogen-bond acceptors (Lipinski definition) is 4. The summed E-state index contributed by atoms with van der Waals surface area (Å²) < 4.78 is 29.1. The van der Waals surface area contributed by atoms with Crippen molar-refractivity contribution in [1.82, 2.24) is 5.32 Å². The van der Waals surface area contributed by atoms with Crippen LogP contribution in [0, 0.1) is 5.82 Å². The molecular weight excluding hydrogens is 337 g/mol. The van der Waals surface area contributed by atoms with Crippen LogP contribution in [-0.2, 0) is 4.79 Å². The van der Waals surface area contributed by atoms with Crippen LogP contribution in [0.3, 0.4) is 0 Å². The highest BCUT2D eigenvalue weighted by molar-refractivity contribution is 5.92. The van der Waals surface area contributed by atoms with Gasteiger partial charge in [-0.1, -0.05) is 12.1 Å². The monoisotopic (exact) mass is 359 g/mol. The second kappa shape index (κ2) is 10.1. The molecule has 0 aliphatic rings. The number of rotatable bonds is 9. The first-order valence-corrected chi connectivity index (χ1v) is 8.19. The molecule has 0 bridgehead atoms. The van der Waals surface area contributed by atoms with Gasteiger partial charge in [0.25, 0.3) is 0 Å². The maximum absolute atomic E-state index is 13.4. The number of hydrogen-bond donors (Lipinski definition) is 1. The van der Waals surface area contributed by atoms with E-state index < -0.39 is 5.82 Å². The lowest BCUT2D eigenvalue weighted by atomic mass is 10.1. The van der Waals surface area contributed by atoms with Crippen molar-refractivity contribution >= 4 is 12.0 Å². The first-order chi connectivity index (χ1) is 12.6. The highest BCUT2D eigenvalue weighted by Crippen LogP contribution is 2.25. The summed E-state index contributed by atoms with van der Waals surface area (Å²) in [4.78, 5) is 11.9. The zero-order chi connectivity index (χ0) is 18.8. The standard InChI is InChI=1S/C20H22FNO4/c1-24-16-9-10-18(25-2)15(14-16)8-11-20(23)22-12-5-13-26-19-7-4-3-6-17(19)21/h3-4,6-11,14H,5,12-13H2,1-2H3,(H,22,23)/b11-8+. The van der Waals surface area contributed by atoms with Gasteiger partial charge in [-0.25, -0.2) is 4.39 Å². The molecule has 0 fully saturated rings. The molecule has 0 radical (unpaired) electrons. The Kier molecular flexibility index (Phi) is 7.49. The van der Waals surface area contributed by atoms with Crippen LogP contribution in [0.25, 0.3) is 6.08 Å². The summed E-state index contributed by atoms with van der Waals surface area (Å²) in [5.74, 6) is 0.903. The molecule has 2 aromatic rings. The lowest BCUT2D eigenvalue weighted by Crippen LogP contribution is -2.23. The predicted molar refractivity (Wildman–Crippen MR) is 98.1 cm³/mol. The fourth-order valence-corrected chi connectivity index (χ4v) is 2.22. The molecule has 6 heteroatoms. The van der Waals surface area contributed by atoms with Crippen molar-refractivity contribution < 1.29 is 23.4 Å². The Labute approximate surface area is 152 Å². The van der Waals surface area contributed by atoms with Crippen LogP contribution in [0.1, 0.15) is 12.0 Å². The van der Waals surface area contributed by atoms with E-state index in [1.807, 2.05) is 0 Å². The van der Waals surface area contributed by atoms with Crippen LogP contribution in [0.15, 0.2) is 48.5 Å². The van der Waals surface area contributed by atoms with E-state index in [2.05, 4.69) is 5.32 Å². The smallest absolute Gasteiger partial charge is 0.244 e. The van der Waals surface area contributed by atoms with E-state index in [1.165, 1.54) is 12.1 Å². The molecule has 0 aliphatic carbocycles. The number of nitrogens with one attached hydrogen (secondary N) is 1. The van der Waals surface area contributed by atoms with E-state index in [0.717, 1.165) is 5.56 Å². The maximum Gasteiger partial charge on any atom is 0.244 e. The molecule has 26 heavy (non-hydrogen) atoms. The van der Waals surface area contributed by atoms with Gasteiger partial charge in [-0.3, -0.25) is 4.79 Å². The SMILES string of the molecule is COc1ccc(OC)c(/C=C/C(=O)NCCCOc2ccccc2F)c1. The number of para-hydroxylation sites is 1. The Morgan fingerprint density at radius 2 is 1.92 bits per heavy atom. The summed E-state index contributed by atoms with van der Waals surface area (Å²) in [5.41, 5.74) is 0.741. The summed E-state index contributed by atoms with van der Waals surface area (Å²) in [6.45, 7) is 0.738. The van der Waals surface area contributed by atoms with Gasteiger partial charge >= 0.3 is 0 Å². The molecule has 2 rings (SSSR count). The zero-order valence-corrected chi connectivity index (χ0v) is 14.8. The molecular formula is C20H22FNO4. The Bertz CT molecular complexity index is 761. The molecule has 0 spiro atoms. The van der Waals surface area contributed by atoms with Gasteiger partial charge in [0.05, 0.1) is 20.8 Å². The third kappa shape index (κ3) is 5.81. The second-order valence-electron chi connectivity index (χ2n) is 5.36. The first kappa shape index (κ1) is 19.3. The quantitative estimate of drug-likeness (QED) is 0.550. The first-order valence-electron chi connectivity index (χ1n) is 8.19. The number of benzene rings is 2. The molecule has 5 nitrogen and oxygen atoms in total. The topological polar surface area (TPSA) is 56.8 Å². The van der Waals surface area contributed by atoms with Crippen molar-refractivity contribution in [3.05, 3.63) is 59.9 Å². The molecule has 0 unspecified atom stereocenters. The van der Waals surface area contributed by atoms with Gasteiger partial charge in [-0.15, -0.1) is 0 Å². The number of amides is 1. The average Bonchev–Trinajstić information content (AvgIpc) is 2.67. The van der Waals surface area contributed by atoms with Crippen LogP contribution in [-0.4, -0.2) is 33.3 Å². The van der Waals surface area contributed by atoms with Crippen molar-refractivity contribution in [3.63, 3.8) is 0 Å². The Morgan fingerprint density at radius 3 is 2.65 bits per heavy atom. The van der Waals surface area contributed by atoms with Crippen LogP contribution < -0.4 is 19.5 Å². The van der Waals surface area contributed by atoms with Crippen LogP contribution in [0.2, 0.25) is 0 Å². The van der Waals surface area contributed by atoms with Gasteiger partial charge < -0.3 is 19.5 Å². The Hall–Kier alpha value is -3.02. The van der Waals surface area contributed by atoms with E-state index in [-0.39, 0.29) is 11.7 Å². The van der Waals surface area contributed by atoms with E-state index in [0.29, 0.717) is 31.1 Å². The Morgan fingerprint density at radius 1 is 1.12 bits per heavy atom. The highest BCUT2D eigenvalue weighted by Gasteiger charge is 2.04. The lowest BCUT2D eigenvalue weighted by Gasteiger charge is -2.08. The second-order valence-corrected chi connectivity index (χ2v) is 5.36. The minimum Gasteiger partial charge on any atom is -0.497 e. The molecule has 1 N–H and O–H groups in total. The van der Waals surface area contributed by atoms with Crippen molar-refractivity contribution in [2.45, 2.75) is 6.42 Å². The van der Waals surface area contributed by atoms with Crippen molar-refractivity contribution in [2.75, 3.05) is 27.4 Å². The van der Waals surface area contributed by atoms with Crippen molar-refractivity contribution in [1.29, 1.82) is 0 Å². The van der Waals surface area contributed by atoms with E-state index >= 15 is 0 Å². The van der Waals surface area contributed by atoms with Crippen molar-refractivity contribution in [3.8, 4) is 17.2 Å². The molecule has 1 amide bonds. The third-order valence-corrected chi connectivity index (χ3v) is 3.57. The molecule has 2 aromatic carbocycles. The number of ether oxygens (including phenoxy) is 3. The molecule has 0 heterocycles. The van der Waals surface area contributed by atoms with E-state index in [4.69, 9.17) is 14.2 Å². The molecule has 0 atom stereocenters. The van der Waals surface area contributed by atoms with E-state index in [1.54, 1.807) is 56.7 Å². The van der Waals surface area contributed by atoms with Crippen LogP contribution in [0.5, 0.6) is 17.2 Å². The molecule has 0 saturated heterocycles. The minimum atomic E-state index is -0.397. The van der Waals surface area contributed by atoms with E-state index in [9.17, 15) is 9.18 Å². The average molecular weight is 359 g/mol. The lowest BCUT2D eigenvalue weighted by molar-refractivity contribution is -0.116.